The molecule has 9 heteroatoms. The Morgan fingerprint density at radius 2 is 1.84 bits per heavy atom. The molecule has 3 aromatic heterocycles. The van der Waals surface area contributed by atoms with E-state index in [-0.39, 0.29) is 12.2 Å². The number of amides is 1. The second-order valence-electron chi connectivity index (χ2n) is 8.58. The smallest absolute Gasteiger partial charge is 0.264 e. The van der Waals surface area contributed by atoms with Crippen LogP contribution in [0.5, 0.6) is 0 Å². The molecule has 5 rings (SSSR count). The molecular formula is C28H26N6O3. The maximum absolute atomic E-state index is 13.2. The molecule has 37 heavy (non-hydrogen) atoms. The fourth-order valence-electron chi connectivity index (χ4n) is 4.49. The highest BCUT2D eigenvalue weighted by atomic mass is 16.3. The van der Waals surface area contributed by atoms with Gasteiger partial charge in [0.1, 0.15) is 17.4 Å². The summed E-state index contributed by atoms with van der Waals surface area (Å²) in [6, 6.07) is 21.0. The van der Waals surface area contributed by atoms with Gasteiger partial charge >= 0.3 is 0 Å². The minimum absolute atomic E-state index is 0.0168. The molecule has 2 aromatic carbocycles. The molecule has 186 valence electrons. The van der Waals surface area contributed by atoms with Crippen LogP contribution in [0.15, 0.2) is 90.1 Å². The zero-order valence-corrected chi connectivity index (χ0v) is 20.2. The molecule has 0 fully saturated rings. The quantitative estimate of drug-likeness (QED) is 0.318. The highest BCUT2D eigenvalue weighted by Gasteiger charge is 2.19. The lowest BCUT2D eigenvalue weighted by Gasteiger charge is -2.18. The number of aliphatic hydroxyl groups excluding tert-OH is 1. The minimum Gasteiger partial charge on any atom is -0.394 e. The number of anilines is 2. The number of benzene rings is 2. The zero-order valence-electron chi connectivity index (χ0n) is 20.2. The lowest BCUT2D eigenvalue weighted by atomic mass is 10.1. The number of hydrogen-bond acceptors (Lipinski definition) is 6. The normalized spacial score (nSPS) is 11.9. The molecule has 1 atom stereocenters. The second-order valence-corrected chi connectivity index (χ2v) is 8.58. The first-order chi connectivity index (χ1) is 18.0. The Bertz CT molecular complexity index is 1620. The van der Waals surface area contributed by atoms with Crippen LogP contribution >= 0.6 is 0 Å². The standard InChI is InChI=1S/C28H26N6O3/c1-2-21-15-23(25-26(29)30-17-31-34(21)25)18-10-12-20(13-11-18)32-27(36)22-9-6-14-33(28(22)37)24(16-35)19-7-4-3-5-8-19/h3-15,17,24,35H,2,16H2,1H3,(H,32,36)(H2,29,30,31). The Labute approximate surface area is 212 Å². The van der Waals surface area contributed by atoms with Gasteiger partial charge in [-0.25, -0.2) is 9.50 Å². The van der Waals surface area contributed by atoms with Crippen molar-refractivity contribution in [3.8, 4) is 11.1 Å². The van der Waals surface area contributed by atoms with Crippen molar-refractivity contribution < 1.29 is 9.90 Å². The zero-order chi connectivity index (χ0) is 25.9. The number of rotatable bonds is 7. The van der Waals surface area contributed by atoms with Gasteiger partial charge < -0.3 is 20.7 Å². The van der Waals surface area contributed by atoms with Crippen LogP contribution in [-0.2, 0) is 6.42 Å². The van der Waals surface area contributed by atoms with E-state index in [0.29, 0.717) is 11.5 Å². The number of carbonyl (C=O) groups excluding carboxylic acids is 1. The molecule has 0 radical (unpaired) electrons. The highest BCUT2D eigenvalue weighted by molar-refractivity contribution is 6.04. The SMILES string of the molecule is CCc1cc(-c2ccc(NC(=O)c3cccn(C(CO)c4ccccc4)c3=O)cc2)c2c(N)ncnn12. The van der Waals surface area contributed by atoms with E-state index in [1.807, 2.05) is 55.5 Å². The molecule has 0 aliphatic carbocycles. The predicted octanol–water partition coefficient (Wildman–Crippen LogP) is 3.54. The van der Waals surface area contributed by atoms with Gasteiger partial charge in [-0.05, 0) is 47.9 Å². The van der Waals surface area contributed by atoms with E-state index in [1.54, 1.807) is 28.9 Å². The number of aromatic nitrogens is 4. The van der Waals surface area contributed by atoms with Crippen LogP contribution in [0, 0.1) is 0 Å². The van der Waals surface area contributed by atoms with Crippen LogP contribution in [0.2, 0.25) is 0 Å². The first-order valence-electron chi connectivity index (χ1n) is 11.9. The van der Waals surface area contributed by atoms with Crippen LogP contribution < -0.4 is 16.6 Å². The van der Waals surface area contributed by atoms with Crippen molar-refractivity contribution in [2.24, 2.45) is 0 Å². The summed E-state index contributed by atoms with van der Waals surface area (Å²) < 4.78 is 3.17. The fourth-order valence-corrected chi connectivity index (χ4v) is 4.49. The van der Waals surface area contributed by atoms with Gasteiger partial charge in [-0.1, -0.05) is 49.4 Å². The van der Waals surface area contributed by atoms with Crippen LogP contribution in [0.4, 0.5) is 11.5 Å². The number of fused-ring (bicyclic) bond motifs is 1. The van der Waals surface area contributed by atoms with Gasteiger partial charge in [0.2, 0.25) is 0 Å². The van der Waals surface area contributed by atoms with E-state index >= 15 is 0 Å². The Morgan fingerprint density at radius 1 is 1.08 bits per heavy atom. The van der Waals surface area contributed by atoms with Crippen LogP contribution in [0.1, 0.15) is 34.6 Å². The molecule has 1 amide bonds. The third-order valence-corrected chi connectivity index (χ3v) is 6.38. The molecular weight excluding hydrogens is 468 g/mol. The van der Waals surface area contributed by atoms with Crippen LogP contribution in [-0.4, -0.2) is 36.8 Å². The van der Waals surface area contributed by atoms with Gasteiger partial charge in [0, 0.05) is 23.1 Å². The summed E-state index contributed by atoms with van der Waals surface area (Å²) >= 11 is 0. The molecule has 9 nitrogen and oxygen atoms in total. The largest absolute Gasteiger partial charge is 0.394 e. The third kappa shape index (κ3) is 4.48. The summed E-state index contributed by atoms with van der Waals surface area (Å²) in [7, 11) is 0. The Hall–Kier alpha value is -4.76. The minimum atomic E-state index is -0.595. The average Bonchev–Trinajstić information content (AvgIpc) is 3.31. The lowest BCUT2D eigenvalue weighted by molar-refractivity contribution is 0.102. The van der Waals surface area contributed by atoms with Gasteiger partial charge in [0.15, 0.2) is 5.82 Å². The van der Waals surface area contributed by atoms with Crippen molar-refractivity contribution in [1.82, 2.24) is 19.2 Å². The van der Waals surface area contributed by atoms with Gasteiger partial charge in [-0.3, -0.25) is 9.59 Å². The number of nitrogens with two attached hydrogens (primary N) is 1. The molecule has 0 saturated heterocycles. The van der Waals surface area contributed by atoms with E-state index in [4.69, 9.17) is 5.73 Å². The van der Waals surface area contributed by atoms with Crippen molar-refractivity contribution in [2.45, 2.75) is 19.4 Å². The molecule has 0 saturated carbocycles. The summed E-state index contributed by atoms with van der Waals surface area (Å²) in [5.74, 6) is -0.142. The maximum atomic E-state index is 13.2. The van der Waals surface area contributed by atoms with Gasteiger partial charge in [0.25, 0.3) is 11.5 Å². The predicted molar refractivity (Wildman–Crippen MR) is 143 cm³/mol. The van der Waals surface area contributed by atoms with Crippen molar-refractivity contribution in [3.05, 3.63) is 112 Å². The maximum Gasteiger partial charge on any atom is 0.264 e. The molecule has 0 spiro atoms. The van der Waals surface area contributed by atoms with E-state index in [9.17, 15) is 14.7 Å². The molecule has 0 aliphatic heterocycles. The third-order valence-electron chi connectivity index (χ3n) is 6.38. The van der Waals surface area contributed by atoms with Crippen molar-refractivity contribution in [2.75, 3.05) is 17.7 Å². The summed E-state index contributed by atoms with van der Waals surface area (Å²) in [4.78, 5) is 30.3. The van der Waals surface area contributed by atoms with Crippen LogP contribution in [0.25, 0.3) is 16.6 Å². The summed E-state index contributed by atoms with van der Waals surface area (Å²) in [5.41, 5.74) is 10.5. The first-order valence-corrected chi connectivity index (χ1v) is 11.9. The number of nitrogens with zero attached hydrogens (tertiary/aromatic N) is 4. The topological polar surface area (TPSA) is 128 Å². The van der Waals surface area contributed by atoms with Crippen LogP contribution in [0.3, 0.4) is 0 Å². The number of aliphatic hydroxyl groups is 1. The number of carbonyl (C=O) groups is 1. The monoisotopic (exact) mass is 494 g/mol. The number of nitrogen functional groups attached to an aromatic ring is 1. The van der Waals surface area contributed by atoms with Crippen molar-refractivity contribution in [3.63, 3.8) is 0 Å². The number of nitrogens with one attached hydrogen (secondary N) is 1. The second kappa shape index (κ2) is 10.1. The number of pyridine rings is 1. The lowest BCUT2D eigenvalue weighted by Crippen LogP contribution is -2.32. The Balaban J connectivity index is 1.41. The van der Waals surface area contributed by atoms with E-state index < -0.39 is 17.5 Å². The van der Waals surface area contributed by atoms with E-state index in [1.165, 1.54) is 17.0 Å². The molecule has 0 bridgehead atoms. The first kappa shape index (κ1) is 24.0. The highest BCUT2D eigenvalue weighted by Crippen LogP contribution is 2.31. The fraction of sp³-hybridized carbons (Fsp3) is 0.143. The number of aryl methyl sites for hydroxylation is 1. The molecule has 0 aliphatic rings. The van der Waals surface area contributed by atoms with Gasteiger partial charge in [-0.15, -0.1) is 0 Å². The van der Waals surface area contributed by atoms with Crippen molar-refractivity contribution in [1.29, 1.82) is 0 Å². The van der Waals surface area contributed by atoms with Crippen molar-refractivity contribution >= 4 is 22.9 Å². The van der Waals surface area contributed by atoms with E-state index in [0.717, 1.165) is 34.3 Å². The molecule has 1 unspecified atom stereocenters. The Kier molecular flexibility index (Phi) is 6.53. The van der Waals surface area contributed by atoms with E-state index in [2.05, 4.69) is 15.4 Å². The van der Waals surface area contributed by atoms with Gasteiger partial charge in [-0.2, -0.15) is 5.10 Å². The summed E-state index contributed by atoms with van der Waals surface area (Å²) in [6.07, 6.45) is 3.79. The summed E-state index contributed by atoms with van der Waals surface area (Å²) in [6.45, 7) is 1.77. The number of hydrogen-bond donors (Lipinski definition) is 3. The molecule has 4 N–H and O–H groups in total. The molecule has 3 heterocycles. The molecule has 5 aromatic rings. The average molecular weight is 495 g/mol. The Morgan fingerprint density at radius 3 is 2.54 bits per heavy atom. The summed E-state index contributed by atoms with van der Waals surface area (Å²) in [5, 5.41) is 17.1. The van der Waals surface area contributed by atoms with Gasteiger partial charge in [0.05, 0.1) is 12.6 Å².